The van der Waals surface area contributed by atoms with Crippen molar-refractivity contribution in [3.8, 4) is 0 Å². The van der Waals surface area contributed by atoms with Crippen molar-refractivity contribution >= 4 is 5.82 Å². The fourth-order valence-corrected chi connectivity index (χ4v) is 0.740. The van der Waals surface area contributed by atoms with Gasteiger partial charge in [0.2, 0.25) is 0 Å². The van der Waals surface area contributed by atoms with Gasteiger partial charge >= 0.3 is 12.0 Å². The minimum atomic E-state index is -4.68. The molecule has 0 radical (unpaired) electrons. The molecule has 12 heavy (non-hydrogen) atoms. The monoisotopic (exact) mass is 180 g/mol. The van der Waals surface area contributed by atoms with Crippen LogP contribution in [0, 0.1) is 10.1 Å². The molecule has 0 saturated heterocycles. The first-order valence-electron chi connectivity index (χ1n) is 2.82. The molecule has 0 atom stereocenters. The molecule has 0 aromatic carbocycles. The van der Waals surface area contributed by atoms with Gasteiger partial charge in [-0.05, 0) is 11.0 Å². The molecule has 0 amide bonds. The number of aromatic amines is 1. The van der Waals surface area contributed by atoms with Gasteiger partial charge in [0.05, 0.1) is 6.20 Å². The van der Waals surface area contributed by atoms with E-state index in [2.05, 4.69) is 0 Å². The first kappa shape index (κ1) is 8.57. The first-order valence-corrected chi connectivity index (χ1v) is 2.82. The zero-order chi connectivity index (χ0) is 9.35. The van der Waals surface area contributed by atoms with Gasteiger partial charge in [0.1, 0.15) is 0 Å². The van der Waals surface area contributed by atoms with Crippen LogP contribution in [-0.4, -0.2) is 9.91 Å². The Bertz CT molecular complexity index is 304. The van der Waals surface area contributed by atoms with E-state index in [0.29, 0.717) is 6.07 Å². The Morgan fingerprint density at radius 3 is 2.42 bits per heavy atom. The fourth-order valence-electron chi connectivity index (χ4n) is 0.740. The van der Waals surface area contributed by atoms with Crippen LogP contribution in [0.25, 0.3) is 0 Å². The maximum Gasteiger partial charge on any atom is 0.424 e. The van der Waals surface area contributed by atoms with E-state index in [1.807, 2.05) is 4.98 Å². The zero-order valence-corrected chi connectivity index (χ0v) is 5.55. The molecule has 0 bridgehead atoms. The van der Waals surface area contributed by atoms with E-state index in [1.165, 1.54) is 0 Å². The number of hydrogen-bond acceptors (Lipinski definition) is 2. The highest BCUT2D eigenvalue weighted by molar-refractivity contribution is 5.35. The smallest absolute Gasteiger partial charge is 0.358 e. The van der Waals surface area contributed by atoms with Gasteiger partial charge in [0.25, 0.3) is 0 Å². The zero-order valence-electron chi connectivity index (χ0n) is 5.55. The number of aromatic nitrogens is 1. The summed E-state index contributed by atoms with van der Waals surface area (Å²) in [4.78, 5) is 10.8. The molecule has 1 heterocycles. The van der Waals surface area contributed by atoms with Crippen molar-refractivity contribution in [2.24, 2.45) is 0 Å². The maximum absolute atomic E-state index is 11.9. The highest BCUT2D eigenvalue weighted by atomic mass is 19.4. The summed E-state index contributed by atoms with van der Waals surface area (Å²) in [5.74, 6) is -1.03. The van der Waals surface area contributed by atoms with E-state index in [4.69, 9.17) is 0 Å². The number of H-pyrrole nitrogens is 1. The largest absolute Gasteiger partial charge is 0.424 e. The van der Waals surface area contributed by atoms with Crippen molar-refractivity contribution in [3.05, 3.63) is 27.9 Å². The molecular weight excluding hydrogens is 177 g/mol. The van der Waals surface area contributed by atoms with Gasteiger partial charge in [0.15, 0.2) is 5.56 Å². The van der Waals surface area contributed by atoms with Crippen LogP contribution in [0.15, 0.2) is 12.3 Å². The van der Waals surface area contributed by atoms with Crippen molar-refractivity contribution in [1.82, 2.24) is 4.98 Å². The Morgan fingerprint density at radius 1 is 1.50 bits per heavy atom. The molecular formula is C5H3F3N2O2. The van der Waals surface area contributed by atoms with E-state index in [-0.39, 0.29) is 0 Å². The third kappa shape index (κ3) is 1.39. The van der Waals surface area contributed by atoms with E-state index in [1.54, 1.807) is 0 Å². The topological polar surface area (TPSA) is 58.9 Å². The van der Waals surface area contributed by atoms with Gasteiger partial charge < -0.3 is 10.1 Å². The van der Waals surface area contributed by atoms with Crippen molar-refractivity contribution in [2.75, 3.05) is 0 Å². The van der Waals surface area contributed by atoms with Gasteiger partial charge in [-0.25, -0.2) is 4.98 Å². The van der Waals surface area contributed by atoms with Crippen LogP contribution in [0.5, 0.6) is 0 Å². The van der Waals surface area contributed by atoms with Crippen molar-refractivity contribution in [3.63, 3.8) is 0 Å². The lowest BCUT2D eigenvalue weighted by Gasteiger charge is -2.02. The molecule has 0 unspecified atom stereocenters. The minimum Gasteiger partial charge on any atom is -0.358 e. The minimum absolute atomic E-state index is 0.623. The average molecular weight is 180 g/mol. The number of nitrogens with zero attached hydrogens (tertiary/aromatic N) is 1. The second kappa shape index (κ2) is 2.50. The summed E-state index contributed by atoms with van der Waals surface area (Å²) in [7, 11) is 0. The Balaban J connectivity index is 3.17. The number of halogens is 3. The molecule has 66 valence electrons. The Morgan fingerprint density at radius 2 is 2.08 bits per heavy atom. The van der Waals surface area contributed by atoms with E-state index in [9.17, 15) is 23.3 Å². The lowest BCUT2D eigenvalue weighted by Crippen LogP contribution is -2.06. The van der Waals surface area contributed by atoms with Crippen LogP contribution in [-0.2, 0) is 6.18 Å². The summed E-state index contributed by atoms with van der Waals surface area (Å²) < 4.78 is 35.8. The van der Waals surface area contributed by atoms with Gasteiger partial charge in [-0.3, -0.25) is 0 Å². The van der Waals surface area contributed by atoms with Crippen LogP contribution < -0.4 is 0 Å². The highest BCUT2D eigenvalue weighted by Gasteiger charge is 2.38. The van der Waals surface area contributed by atoms with E-state index >= 15 is 0 Å². The van der Waals surface area contributed by atoms with Gasteiger partial charge in [-0.15, -0.1) is 0 Å². The summed E-state index contributed by atoms with van der Waals surface area (Å²) in [5.41, 5.74) is -1.26. The second-order valence-corrected chi connectivity index (χ2v) is 1.99. The summed E-state index contributed by atoms with van der Waals surface area (Å²) >= 11 is 0. The van der Waals surface area contributed by atoms with Crippen LogP contribution in [0.4, 0.5) is 19.0 Å². The molecule has 0 aliphatic carbocycles. The Labute approximate surface area is 64.2 Å². The summed E-state index contributed by atoms with van der Waals surface area (Å²) in [6.07, 6.45) is -3.80. The molecule has 1 aromatic heterocycles. The lowest BCUT2D eigenvalue weighted by molar-refractivity contribution is -0.392. The SMILES string of the molecule is O=[N+]([O-])c1[nH]ccc1C(F)(F)F. The number of nitro groups is 1. The Hall–Kier alpha value is -1.53. The van der Waals surface area contributed by atoms with Crippen LogP contribution >= 0.6 is 0 Å². The van der Waals surface area contributed by atoms with Crippen LogP contribution in [0.3, 0.4) is 0 Å². The summed E-state index contributed by atoms with van der Waals surface area (Å²) in [6.45, 7) is 0. The van der Waals surface area contributed by atoms with Crippen molar-refractivity contribution in [1.29, 1.82) is 0 Å². The Kier molecular flexibility index (Phi) is 1.79. The van der Waals surface area contributed by atoms with Crippen LogP contribution in [0.1, 0.15) is 5.56 Å². The molecule has 0 aliphatic rings. The molecule has 0 aliphatic heterocycles. The molecule has 1 N–H and O–H groups in total. The number of alkyl halides is 3. The fraction of sp³-hybridized carbons (Fsp3) is 0.200. The average Bonchev–Trinajstić information content (AvgIpc) is 2.30. The number of rotatable bonds is 1. The molecule has 7 heteroatoms. The predicted molar refractivity (Wildman–Crippen MR) is 32.4 cm³/mol. The van der Waals surface area contributed by atoms with Crippen molar-refractivity contribution in [2.45, 2.75) is 6.18 Å². The summed E-state index contributed by atoms with van der Waals surface area (Å²) in [6, 6.07) is 0.623. The number of nitrogens with one attached hydrogen (secondary N) is 1. The highest BCUT2D eigenvalue weighted by Crippen LogP contribution is 2.34. The molecule has 1 aromatic rings. The predicted octanol–water partition coefficient (Wildman–Crippen LogP) is 1.94. The standard InChI is InChI=1S/C5H3F3N2O2/c6-5(7,8)3-1-2-9-4(3)10(11)12/h1-2,9H. The van der Waals surface area contributed by atoms with E-state index < -0.39 is 22.5 Å². The normalized spacial score (nSPS) is 11.6. The molecule has 4 nitrogen and oxygen atoms in total. The number of hydrogen-bond donors (Lipinski definition) is 1. The van der Waals surface area contributed by atoms with E-state index in [0.717, 1.165) is 6.20 Å². The maximum atomic E-state index is 11.9. The van der Waals surface area contributed by atoms with Crippen molar-refractivity contribution < 1.29 is 18.1 Å². The summed E-state index contributed by atoms with van der Waals surface area (Å²) in [5, 5.41) is 10.0. The molecule has 0 spiro atoms. The van der Waals surface area contributed by atoms with Gasteiger partial charge in [-0.2, -0.15) is 13.2 Å². The molecule has 0 fully saturated rings. The second-order valence-electron chi connectivity index (χ2n) is 1.99. The van der Waals surface area contributed by atoms with Gasteiger partial charge in [-0.1, -0.05) is 0 Å². The van der Waals surface area contributed by atoms with Crippen LogP contribution in [0.2, 0.25) is 0 Å². The third-order valence-electron chi connectivity index (χ3n) is 1.21. The molecule has 1 rings (SSSR count). The van der Waals surface area contributed by atoms with Gasteiger partial charge in [0, 0.05) is 0 Å². The first-order chi connectivity index (χ1) is 5.43. The third-order valence-corrected chi connectivity index (χ3v) is 1.21. The lowest BCUT2D eigenvalue weighted by atomic mass is 10.3. The quantitative estimate of drug-likeness (QED) is 0.530. The molecule has 0 saturated carbocycles.